The van der Waals surface area contributed by atoms with Crippen LogP contribution in [0.4, 0.5) is 0 Å². The molecule has 0 aromatic heterocycles. The van der Waals surface area contributed by atoms with Crippen LogP contribution in [0.2, 0.25) is 0 Å². The fourth-order valence-electron chi connectivity index (χ4n) is 0.878. The first-order valence-electron chi connectivity index (χ1n) is 4.56. The van der Waals surface area contributed by atoms with Crippen molar-refractivity contribution in [2.75, 3.05) is 0 Å². The van der Waals surface area contributed by atoms with E-state index in [0.717, 1.165) is 0 Å². The van der Waals surface area contributed by atoms with Crippen LogP contribution in [0.15, 0.2) is 24.3 Å². The van der Waals surface area contributed by atoms with Gasteiger partial charge in [0.2, 0.25) is 0 Å². The quantitative estimate of drug-likeness (QED) is 0.553. The van der Waals surface area contributed by atoms with Crippen LogP contribution < -0.4 is 9.99 Å². The molecule has 0 aliphatic carbocycles. The molecule has 4 nitrogen and oxygen atoms in total. The molecule has 0 heterocycles. The molecule has 0 atom stereocenters. The molecule has 1 rings (SSSR count). The number of aromatic carboxylic acids is 1. The summed E-state index contributed by atoms with van der Waals surface area (Å²) in [6.45, 7) is 5.40. The van der Waals surface area contributed by atoms with Gasteiger partial charge < -0.3 is 14.8 Å². The van der Waals surface area contributed by atoms with Crippen LogP contribution in [0.5, 0.6) is 5.75 Å². The number of carboxylic acid groups (broad SMARTS) is 1. The number of carboxylic acids is 1. The Morgan fingerprint density at radius 3 is 2.40 bits per heavy atom. The molecule has 1 aromatic carbocycles. The SMILES string of the molecule is CC(C)(C)OOc1ccccc1C(=O)[O-]. The fraction of sp³-hybridized carbons (Fsp3) is 0.364. The lowest BCUT2D eigenvalue weighted by atomic mass is 10.2. The topological polar surface area (TPSA) is 58.6 Å². The number of hydrogen-bond acceptors (Lipinski definition) is 4. The third-order valence-corrected chi connectivity index (χ3v) is 1.49. The summed E-state index contributed by atoms with van der Waals surface area (Å²) in [4.78, 5) is 20.7. The summed E-state index contributed by atoms with van der Waals surface area (Å²) < 4.78 is 0. The first-order chi connectivity index (χ1) is 6.90. The van der Waals surface area contributed by atoms with E-state index in [2.05, 4.69) is 0 Å². The normalized spacial score (nSPS) is 11.1. The van der Waals surface area contributed by atoms with Crippen LogP contribution in [-0.4, -0.2) is 11.6 Å². The summed E-state index contributed by atoms with van der Waals surface area (Å²) in [5.74, 6) is -1.14. The van der Waals surface area contributed by atoms with E-state index in [1.54, 1.807) is 32.9 Å². The van der Waals surface area contributed by atoms with Gasteiger partial charge in [0.1, 0.15) is 5.60 Å². The van der Waals surface area contributed by atoms with E-state index in [1.807, 2.05) is 0 Å². The zero-order valence-electron chi connectivity index (χ0n) is 8.94. The molecule has 4 heteroatoms. The number of carbonyl (C=O) groups excluding carboxylic acids is 1. The summed E-state index contributed by atoms with van der Waals surface area (Å²) in [7, 11) is 0. The second-order valence-electron chi connectivity index (χ2n) is 4.06. The van der Waals surface area contributed by atoms with Gasteiger partial charge in [-0.3, -0.25) is 0 Å². The van der Waals surface area contributed by atoms with Crippen molar-refractivity contribution in [3.8, 4) is 5.75 Å². The summed E-state index contributed by atoms with van der Waals surface area (Å²) in [6.07, 6.45) is 0. The molecule has 0 fully saturated rings. The maximum Gasteiger partial charge on any atom is 0.174 e. The van der Waals surface area contributed by atoms with Crippen molar-refractivity contribution in [2.24, 2.45) is 0 Å². The number of carbonyl (C=O) groups is 1. The van der Waals surface area contributed by atoms with Gasteiger partial charge in [0, 0.05) is 5.56 Å². The third kappa shape index (κ3) is 3.59. The smallest absolute Gasteiger partial charge is 0.174 e. The largest absolute Gasteiger partial charge is 0.545 e. The first kappa shape index (κ1) is 11.5. The maximum atomic E-state index is 10.7. The standard InChI is InChI=1S/C11H14O4/c1-11(2,3)15-14-9-7-5-4-6-8(9)10(12)13/h4-7H,1-3H3,(H,12,13)/p-1. The second-order valence-corrected chi connectivity index (χ2v) is 4.06. The van der Waals surface area contributed by atoms with Gasteiger partial charge in [0.05, 0.1) is 5.97 Å². The van der Waals surface area contributed by atoms with E-state index in [4.69, 9.17) is 9.78 Å². The number of benzene rings is 1. The van der Waals surface area contributed by atoms with Crippen molar-refractivity contribution < 1.29 is 19.7 Å². The van der Waals surface area contributed by atoms with Crippen molar-refractivity contribution >= 4 is 5.97 Å². The van der Waals surface area contributed by atoms with Crippen molar-refractivity contribution in [3.63, 3.8) is 0 Å². The van der Waals surface area contributed by atoms with E-state index in [0.29, 0.717) is 0 Å². The van der Waals surface area contributed by atoms with Gasteiger partial charge in [0.15, 0.2) is 5.75 Å². The fourth-order valence-corrected chi connectivity index (χ4v) is 0.878. The molecule has 0 saturated carbocycles. The highest BCUT2D eigenvalue weighted by atomic mass is 17.2. The zero-order valence-corrected chi connectivity index (χ0v) is 8.94. The summed E-state index contributed by atoms with van der Waals surface area (Å²) in [5.41, 5.74) is -0.527. The second kappa shape index (κ2) is 4.31. The maximum absolute atomic E-state index is 10.7. The number of rotatable bonds is 3. The highest BCUT2D eigenvalue weighted by Crippen LogP contribution is 2.19. The van der Waals surface area contributed by atoms with E-state index in [9.17, 15) is 9.90 Å². The predicted octanol–water partition coefficient (Wildman–Crippen LogP) is 1.16. The van der Waals surface area contributed by atoms with Crippen molar-refractivity contribution in [2.45, 2.75) is 26.4 Å². The lowest BCUT2D eigenvalue weighted by molar-refractivity contribution is -0.277. The molecule has 0 bridgehead atoms. The Morgan fingerprint density at radius 2 is 1.87 bits per heavy atom. The van der Waals surface area contributed by atoms with Gasteiger partial charge in [-0.05, 0) is 32.9 Å². The Morgan fingerprint density at radius 1 is 1.27 bits per heavy atom. The third-order valence-electron chi connectivity index (χ3n) is 1.49. The Labute approximate surface area is 88.4 Å². The molecule has 0 amide bonds. The van der Waals surface area contributed by atoms with Crippen LogP contribution in [0, 0.1) is 0 Å². The Kier molecular flexibility index (Phi) is 3.31. The van der Waals surface area contributed by atoms with Gasteiger partial charge >= 0.3 is 0 Å². The van der Waals surface area contributed by atoms with E-state index in [1.165, 1.54) is 12.1 Å². The highest BCUT2D eigenvalue weighted by Gasteiger charge is 2.14. The number of para-hydroxylation sites is 1. The minimum Gasteiger partial charge on any atom is -0.545 e. The Balaban J connectivity index is 2.81. The molecule has 1 aromatic rings. The van der Waals surface area contributed by atoms with Gasteiger partial charge in [-0.1, -0.05) is 12.1 Å². The van der Waals surface area contributed by atoms with Crippen LogP contribution in [0.3, 0.4) is 0 Å². The Hall–Kier alpha value is -1.55. The average molecular weight is 209 g/mol. The van der Waals surface area contributed by atoms with Crippen LogP contribution >= 0.6 is 0 Å². The molecule has 0 aliphatic heterocycles. The molecule has 0 unspecified atom stereocenters. The van der Waals surface area contributed by atoms with Crippen molar-refractivity contribution in [1.29, 1.82) is 0 Å². The molecular formula is C11H13O4-. The monoisotopic (exact) mass is 209 g/mol. The summed E-state index contributed by atoms with van der Waals surface area (Å²) >= 11 is 0. The highest BCUT2D eigenvalue weighted by molar-refractivity contribution is 5.89. The van der Waals surface area contributed by atoms with Gasteiger partial charge in [-0.25, -0.2) is 0 Å². The van der Waals surface area contributed by atoms with E-state index < -0.39 is 11.6 Å². The van der Waals surface area contributed by atoms with Crippen LogP contribution in [-0.2, 0) is 4.89 Å². The minimum atomic E-state index is -1.29. The van der Waals surface area contributed by atoms with Crippen LogP contribution in [0.1, 0.15) is 31.1 Å². The van der Waals surface area contributed by atoms with Crippen molar-refractivity contribution in [3.05, 3.63) is 29.8 Å². The molecule has 0 saturated heterocycles. The molecule has 0 spiro atoms. The van der Waals surface area contributed by atoms with Gasteiger partial charge in [0.25, 0.3) is 0 Å². The molecule has 15 heavy (non-hydrogen) atoms. The predicted molar refractivity (Wildman–Crippen MR) is 52.2 cm³/mol. The summed E-state index contributed by atoms with van der Waals surface area (Å²) in [6, 6.07) is 6.16. The van der Waals surface area contributed by atoms with Gasteiger partial charge in [-0.15, -0.1) is 0 Å². The molecule has 82 valence electrons. The minimum absolute atomic E-state index is 0.0262. The van der Waals surface area contributed by atoms with Gasteiger partial charge in [-0.2, -0.15) is 4.89 Å². The lowest BCUT2D eigenvalue weighted by Crippen LogP contribution is -2.25. The van der Waals surface area contributed by atoms with E-state index in [-0.39, 0.29) is 11.3 Å². The lowest BCUT2D eigenvalue weighted by Gasteiger charge is -2.19. The zero-order chi connectivity index (χ0) is 11.5. The average Bonchev–Trinajstić information content (AvgIpc) is 2.14. The Bertz CT molecular complexity index is 352. The van der Waals surface area contributed by atoms with Crippen LogP contribution in [0.25, 0.3) is 0 Å². The first-order valence-corrected chi connectivity index (χ1v) is 4.56. The van der Waals surface area contributed by atoms with E-state index >= 15 is 0 Å². The van der Waals surface area contributed by atoms with Crippen molar-refractivity contribution in [1.82, 2.24) is 0 Å². The summed E-state index contributed by atoms with van der Waals surface area (Å²) in [5, 5.41) is 10.7. The molecular weight excluding hydrogens is 196 g/mol. The number of hydrogen-bond donors (Lipinski definition) is 0. The molecule has 0 radical (unpaired) electrons. The molecule has 0 N–H and O–H groups in total. The molecule has 0 aliphatic rings.